The molecule has 2 amide bonds. The summed E-state index contributed by atoms with van der Waals surface area (Å²) >= 11 is 0. The van der Waals surface area contributed by atoms with Crippen molar-refractivity contribution in [2.45, 2.75) is 44.8 Å². The molecule has 1 aliphatic heterocycles. The van der Waals surface area contributed by atoms with Crippen LogP contribution in [0.15, 0.2) is 52.6 Å². The average molecular weight is 559 g/mol. The van der Waals surface area contributed by atoms with Crippen molar-refractivity contribution in [2.24, 2.45) is 0 Å². The molecule has 214 valence electrons. The third-order valence-corrected chi connectivity index (χ3v) is 6.31. The molecule has 0 spiro atoms. The first kappa shape index (κ1) is 29.2. The third-order valence-electron chi connectivity index (χ3n) is 6.31. The van der Waals surface area contributed by atoms with Crippen molar-refractivity contribution in [3.63, 3.8) is 0 Å². The van der Waals surface area contributed by atoms with Crippen molar-refractivity contribution in [3.05, 3.63) is 65.0 Å². The van der Waals surface area contributed by atoms with E-state index in [1.54, 1.807) is 18.2 Å². The van der Waals surface area contributed by atoms with Gasteiger partial charge in [0, 0.05) is 42.3 Å². The quantitative estimate of drug-likeness (QED) is 0.478. The fourth-order valence-electron chi connectivity index (χ4n) is 4.04. The summed E-state index contributed by atoms with van der Waals surface area (Å²) in [7, 11) is 0. The molecule has 11 heteroatoms. The Morgan fingerprint density at radius 3 is 2.60 bits per heavy atom. The minimum atomic E-state index is -4.57. The zero-order chi connectivity index (χ0) is 28.8. The molecule has 4 rings (SSSR count). The number of morpholine rings is 1. The lowest BCUT2D eigenvalue weighted by Crippen LogP contribution is -2.38. The number of aromatic nitrogens is 1. The minimum absolute atomic E-state index is 0.148. The molecule has 2 aliphatic rings. The van der Waals surface area contributed by atoms with Gasteiger partial charge in [-0.15, -0.1) is 0 Å². The summed E-state index contributed by atoms with van der Waals surface area (Å²) in [6.07, 6.45) is 1.22. The summed E-state index contributed by atoms with van der Waals surface area (Å²) in [6, 6.07) is 4.81. The van der Waals surface area contributed by atoms with Gasteiger partial charge >= 0.3 is 12.2 Å². The van der Waals surface area contributed by atoms with Crippen LogP contribution in [0.4, 0.5) is 23.8 Å². The van der Waals surface area contributed by atoms with Crippen LogP contribution >= 0.6 is 0 Å². The maximum Gasteiger partial charge on any atom is 0.420 e. The van der Waals surface area contributed by atoms with Crippen LogP contribution in [-0.2, 0) is 16.3 Å². The first-order chi connectivity index (χ1) is 19.0. The van der Waals surface area contributed by atoms with Gasteiger partial charge < -0.3 is 19.3 Å². The van der Waals surface area contributed by atoms with Crippen molar-refractivity contribution >= 4 is 11.8 Å². The van der Waals surface area contributed by atoms with E-state index in [2.05, 4.69) is 32.5 Å². The van der Waals surface area contributed by atoms with Crippen molar-refractivity contribution in [3.8, 4) is 17.6 Å². The summed E-state index contributed by atoms with van der Waals surface area (Å²) in [5, 5.41) is 9.32. The highest BCUT2D eigenvalue weighted by Crippen LogP contribution is 2.37. The number of nitrogens with one attached hydrogen (secondary N) is 2. The fourth-order valence-corrected chi connectivity index (χ4v) is 4.04. The van der Waals surface area contributed by atoms with E-state index in [1.807, 2.05) is 26.8 Å². The number of halogens is 3. The lowest BCUT2D eigenvalue weighted by molar-refractivity contribution is -0.139. The van der Waals surface area contributed by atoms with Crippen LogP contribution in [0, 0.1) is 11.8 Å². The number of hydrogen-bond acceptors (Lipinski definition) is 6. The monoisotopic (exact) mass is 558 g/mol. The number of allylic oxidation sites excluding steroid dienone is 2. The number of carbonyl (C=O) groups excluding carboxylic acids is 1. The van der Waals surface area contributed by atoms with Crippen LogP contribution in [0.5, 0.6) is 5.75 Å². The molecule has 1 atom stereocenters. The topological polar surface area (TPSA) is 88.9 Å². The van der Waals surface area contributed by atoms with Gasteiger partial charge in [-0.1, -0.05) is 49.9 Å². The van der Waals surface area contributed by atoms with Gasteiger partial charge in [-0.2, -0.15) is 13.2 Å². The summed E-state index contributed by atoms with van der Waals surface area (Å²) in [5.74, 6) is 6.45. The normalized spacial score (nSPS) is 17.9. The molecule has 1 fully saturated rings. The molecule has 2 heterocycles. The smallest absolute Gasteiger partial charge is 0.420 e. The molecule has 1 aromatic heterocycles. The van der Waals surface area contributed by atoms with Crippen molar-refractivity contribution < 1.29 is 32.0 Å². The Kier molecular flexibility index (Phi) is 9.22. The molecule has 0 bridgehead atoms. The maximum absolute atomic E-state index is 13.7. The number of alkyl halides is 3. The van der Waals surface area contributed by atoms with Gasteiger partial charge in [0.2, 0.25) is 0 Å². The van der Waals surface area contributed by atoms with Crippen LogP contribution in [0.2, 0.25) is 0 Å². The fraction of sp³-hybridized carbons (Fsp3) is 0.448. The molecular weight excluding hydrogens is 525 g/mol. The highest BCUT2D eigenvalue weighted by molar-refractivity contribution is 5.88. The number of amides is 2. The third kappa shape index (κ3) is 8.37. The first-order valence-electron chi connectivity index (χ1n) is 13.1. The second-order valence-electron chi connectivity index (χ2n) is 10.5. The van der Waals surface area contributed by atoms with E-state index in [0.717, 1.165) is 19.2 Å². The molecule has 0 saturated carbocycles. The Hall–Kier alpha value is -3.75. The number of anilines is 1. The Balaban J connectivity index is 1.31. The van der Waals surface area contributed by atoms with E-state index >= 15 is 0 Å². The van der Waals surface area contributed by atoms with E-state index in [1.165, 1.54) is 12.1 Å². The van der Waals surface area contributed by atoms with Crippen molar-refractivity contribution in [2.75, 3.05) is 44.8 Å². The molecule has 1 aromatic carbocycles. The molecular formula is C29H33F3N4O4. The molecule has 2 aromatic rings. The molecule has 1 saturated heterocycles. The number of ether oxygens (including phenoxy) is 2. The second kappa shape index (κ2) is 12.6. The Morgan fingerprint density at radius 1 is 1.18 bits per heavy atom. The van der Waals surface area contributed by atoms with Crippen LogP contribution in [0.3, 0.4) is 0 Å². The summed E-state index contributed by atoms with van der Waals surface area (Å²) < 4.78 is 57.2. The summed E-state index contributed by atoms with van der Waals surface area (Å²) in [6.45, 7) is 9.30. The summed E-state index contributed by atoms with van der Waals surface area (Å²) in [5.41, 5.74) is -0.218. The Labute approximate surface area is 231 Å². The summed E-state index contributed by atoms with van der Waals surface area (Å²) in [4.78, 5) is 14.4. The maximum atomic E-state index is 13.7. The average Bonchev–Trinajstić information content (AvgIpc) is 3.38. The van der Waals surface area contributed by atoms with Crippen LogP contribution in [-0.4, -0.2) is 61.6 Å². The zero-order valence-corrected chi connectivity index (χ0v) is 22.7. The Morgan fingerprint density at radius 2 is 1.95 bits per heavy atom. The minimum Gasteiger partial charge on any atom is -0.492 e. The number of carbonyl (C=O) groups is 1. The van der Waals surface area contributed by atoms with Crippen LogP contribution in [0.25, 0.3) is 0 Å². The Bertz CT molecular complexity index is 1310. The molecule has 8 nitrogen and oxygen atoms in total. The molecule has 2 N–H and O–H groups in total. The van der Waals surface area contributed by atoms with Crippen molar-refractivity contribution in [1.82, 2.24) is 15.4 Å². The highest BCUT2D eigenvalue weighted by Gasteiger charge is 2.34. The second-order valence-corrected chi connectivity index (χ2v) is 10.5. The van der Waals surface area contributed by atoms with Gasteiger partial charge in [-0.05, 0) is 30.7 Å². The predicted molar refractivity (Wildman–Crippen MR) is 144 cm³/mol. The van der Waals surface area contributed by atoms with Crippen molar-refractivity contribution in [1.29, 1.82) is 0 Å². The van der Waals surface area contributed by atoms with Gasteiger partial charge in [0.05, 0.1) is 24.8 Å². The zero-order valence-electron chi connectivity index (χ0n) is 22.7. The molecule has 1 aliphatic carbocycles. The van der Waals surface area contributed by atoms with Gasteiger partial charge in [-0.3, -0.25) is 10.2 Å². The molecule has 1 unspecified atom stereocenters. The van der Waals surface area contributed by atoms with Crippen LogP contribution < -0.4 is 15.4 Å². The number of rotatable bonds is 6. The number of urea groups is 1. The highest BCUT2D eigenvalue weighted by atomic mass is 19.4. The number of hydrogen-bond donors (Lipinski definition) is 2. The van der Waals surface area contributed by atoms with Gasteiger partial charge in [0.1, 0.15) is 18.1 Å². The predicted octanol–water partition coefficient (Wildman–Crippen LogP) is 5.13. The van der Waals surface area contributed by atoms with E-state index in [0.29, 0.717) is 43.3 Å². The van der Waals surface area contributed by atoms with Gasteiger partial charge in [0.25, 0.3) is 0 Å². The molecule has 40 heavy (non-hydrogen) atoms. The van der Waals surface area contributed by atoms with E-state index < -0.39 is 17.8 Å². The largest absolute Gasteiger partial charge is 0.492 e. The standard InChI is InChI=1S/C29H33F3N4O4/c1-28(2,3)25-19-26(35-40-25)34-27(37)33-22-9-6-20(7-10-22)4-5-21-8-11-24(23(18-21)29(30,31)32)39-17-14-36-12-15-38-16-13-36/h6-9,11,18-19,22H,10,12-17H2,1-3H3,(H2,33,34,35,37). The van der Waals surface area contributed by atoms with Gasteiger partial charge in [-0.25, -0.2) is 4.79 Å². The number of nitrogens with zero attached hydrogens (tertiary/aromatic N) is 2. The lowest BCUT2D eigenvalue weighted by atomic mass is 9.93. The lowest BCUT2D eigenvalue weighted by Gasteiger charge is -2.26. The SMILES string of the molecule is CC(C)(C)c1cc(NC(=O)NC2C=CC(C#Cc3ccc(OCCN4CCOCC4)c(C(F)(F)F)c3)=CC2)no1. The van der Waals surface area contributed by atoms with E-state index in [9.17, 15) is 18.0 Å². The van der Waals surface area contributed by atoms with Gasteiger partial charge in [0.15, 0.2) is 5.82 Å². The molecule has 0 radical (unpaired) electrons. The van der Waals surface area contributed by atoms with E-state index in [-0.39, 0.29) is 29.4 Å². The first-order valence-corrected chi connectivity index (χ1v) is 13.1. The number of benzene rings is 1. The van der Waals surface area contributed by atoms with Crippen LogP contribution in [0.1, 0.15) is 44.1 Å². The van der Waals surface area contributed by atoms with E-state index in [4.69, 9.17) is 14.0 Å².